The van der Waals surface area contributed by atoms with Gasteiger partial charge < -0.3 is 10.6 Å². The highest BCUT2D eigenvalue weighted by Crippen LogP contribution is 2.23. The van der Waals surface area contributed by atoms with E-state index in [0.29, 0.717) is 17.2 Å². The van der Waals surface area contributed by atoms with Gasteiger partial charge in [0.15, 0.2) is 5.96 Å². The number of nitrogens with zero attached hydrogens (tertiary/aromatic N) is 1. The van der Waals surface area contributed by atoms with Crippen molar-refractivity contribution >= 4 is 16.8 Å². The standard InChI is InChI=1S/C21H35N3OS/c1-4-22-21(23-15-14-17(3)18-10-7-6-8-11-18)24-19-12-9-13-20(16-19)26(25)5-2/h6-8,10-11,17,19-20H,4-5,9,12-16H2,1-3H3,(H2,22,23,24). The van der Waals surface area contributed by atoms with Crippen molar-refractivity contribution in [2.45, 2.75) is 70.1 Å². The van der Waals surface area contributed by atoms with Gasteiger partial charge in [0, 0.05) is 40.9 Å². The maximum atomic E-state index is 12.1. The van der Waals surface area contributed by atoms with Crippen LogP contribution >= 0.6 is 0 Å². The molecule has 0 spiro atoms. The van der Waals surface area contributed by atoms with E-state index in [1.807, 2.05) is 6.92 Å². The van der Waals surface area contributed by atoms with Crippen LogP contribution in [0.5, 0.6) is 0 Å². The zero-order valence-corrected chi connectivity index (χ0v) is 17.4. The average Bonchev–Trinajstić information content (AvgIpc) is 2.68. The molecule has 26 heavy (non-hydrogen) atoms. The van der Waals surface area contributed by atoms with Gasteiger partial charge in [-0.25, -0.2) is 0 Å². The zero-order valence-electron chi connectivity index (χ0n) is 16.5. The summed E-state index contributed by atoms with van der Waals surface area (Å²) < 4.78 is 12.1. The van der Waals surface area contributed by atoms with Crippen molar-refractivity contribution in [2.24, 2.45) is 4.99 Å². The Labute approximate surface area is 161 Å². The van der Waals surface area contributed by atoms with Gasteiger partial charge in [0.05, 0.1) is 0 Å². The van der Waals surface area contributed by atoms with E-state index in [1.165, 1.54) is 5.56 Å². The number of guanidine groups is 1. The Morgan fingerprint density at radius 1 is 1.27 bits per heavy atom. The number of nitrogens with one attached hydrogen (secondary N) is 2. The summed E-state index contributed by atoms with van der Waals surface area (Å²) in [4.78, 5) is 4.78. The van der Waals surface area contributed by atoms with Crippen molar-refractivity contribution in [1.82, 2.24) is 10.6 Å². The topological polar surface area (TPSA) is 53.5 Å². The molecule has 2 rings (SSSR count). The van der Waals surface area contributed by atoms with E-state index in [2.05, 4.69) is 54.8 Å². The molecule has 146 valence electrons. The third-order valence-corrected chi connectivity index (χ3v) is 6.91. The lowest BCUT2D eigenvalue weighted by molar-refractivity contribution is 0.413. The summed E-state index contributed by atoms with van der Waals surface area (Å²) in [7, 11) is -0.686. The first-order chi connectivity index (χ1) is 12.6. The Hall–Kier alpha value is -1.36. The van der Waals surface area contributed by atoms with Gasteiger partial charge in [-0.3, -0.25) is 9.20 Å². The van der Waals surface area contributed by atoms with Crippen LogP contribution in [-0.4, -0.2) is 40.3 Å². The second kappa shape index (κ2) is 11.4. The molecule has 0 heterocycles. The second-order valence-electron chi connectivity index (χ2n) is 7.16. The molecule has 1 aliphatic rings. The van der Waals surface area contributed by atoms with E-state index < -0.39 is 10.8 Å². The number of benzene rings is 1. The van der Waals surface area contributed by atoms with E-state index in [-0.39, 0.29) is 0 Å². The molecule has 0 amide bonds. The summed E-state index contributed by atoms with van der Waals surface area (Å²) in [5.74, 6) is 2.18. The van der Waals surface area contributed by atoms with Crippen LogP contribution in [0.2, 0.25) is 0 Å². The van der Waals surface area contributed by atoms with E-state index in [4.69, 9.17) is 4.99 Å². The molecule has 1 fully saturated rings. The van der Waals surface area contributed by atoms with Gasteiger partial charge >= 0.3 is 0 Å². The van der Waals surface area contributed by atoms with Crippen molar-refractivity contribution in [3.63, 3.8) is 0 Å². The smallest absolute Gasteiger partial charge is 0.191 e. The lowest BCUT2D eigenvalue weighted by Crippen LogP contribution is -2.46. The molecule has 5 heteroatoms. The first-order valence-corrected chi connectivity index (χ1v) is 11.5. The van der Waals surface area contributed by atoms with Gasteiger partial charge in [-0.15, -0.1) is 0 Å². The van der Waals surface area contributed by atoms with Gasteiger partial charge in [0.2, 0.25) is 0 Å². The molecule has 0 aromatic heterocycles. The van der Waals surface area contributed by atoms with E-state index >= 15 is 0 Å². The Morgan fingerprint density at radius 2 is 2.04 bits per heavy atom. The predicted octanol–water partition coefficient (Wildman–Crippen LogP) is 3.82. The van der Waals surface area contributed by atoms with Crippen molar-refractivity contribution in [3.05, 3.63) is 35.9 Å². The third-order valence-electron chi connectivity index (χ3n) is 5.17. The predicted molar refractivity (Wildman–Crippen MR) is 113 cm³/mol. The van der Waals surface area contributed by atoms with Gasteiger partial charge in [-0.1, -0.05) is 50.6 Å². The van der Waals surface area contributed by atoms with Crippen LogP contribution in [0.3, 0.4) is 0 Å². The van der Waals surface area contributed by atoms with Crippen LogP contribution in [0.15, 0.2) is 35.3 Å². The van der Waals surface area contributed by atoms with Crippen LogP contribution in [0.4, 0.5) is 0 Å². The van der Waals surface area contributed by atoms with Crippen LogP contribution in [-0.2, 0) is 10.8 Å². The van der Waals surface area contributed by atoms with E-state index in [9.17, 15) is 4.21 Å². The molecule has 1 aliphatic carbocycles. The molecular formula is C21H35N3OS. The largest absolute Gasteiger partial charge is 0.357 e. The van der Waals surface area contributed by atoms with Crippen molar-refractivity contribution < 1.29 is 4.21 Å². The molecule has 0 bridgehead atoms. The molecular weight excluding hydrogens is 342 g/mol. The van der Waals surface area contributed by atoms with Gasteiger partial charge in [0.1, 0.15) is 0 Å². The molecule has 1 aromatic rings. The first-order valence-electron chi connectivity index (χ1n) is 10.1. The Bertz CT molecular complexity index is 576. The minimum absolute atomic E-state index is 0.340. The molecule has 2 N–H and O–H groups in total. The number of hydrogen-bond donors (Lipinski definition) is 2. The number of hydrogen-bond acceptors (Lipinski definition) is 2. The monoisotopic (exact) mass is 377 g/mol. The molecule has 4 nitrogen and oxygen atoms in total. The van der Waals surface area contributed by atoms with Crippen LogP contribution in [0, 0.1) is 0 Å². The second-order valence-corrected chi connectivity index (χ2v) is 9.17. The fraction of sp³-hybridized carbons (Fsp3) is 0.667. The SMILES string of the molecule is CCNC(=NCCC(C)c1ccccc1)NC1CCCC(S(=O)CC)C1. The van der Waals surface area contributed by atoms with Crippen molar-refractivity contribution in [1.29, 1.82) is 0 Å². The van der Waals surface area contributed by atoms with Crippen LogP contribution in [0.1, 0.15) is 64.4 Å². The molecule has 4 atom stereocenters. The van der Waals surface area contributed by atoms with Gasteiger partial charge in [-0.2, -0.15) is 0 Å². The Balaban J connectivity index is 1.86. The van der Waals surface area contributed by atoms with Crippen LogP contribution < -0.4 is 10.6 Å². The summed E-state index contributed by atoms with van der Waals surface area (Å²) in [5.41, 5.74) is 1.37. The average molecular weight is 378 g/mol. The minimum atomic E-state index is -0.686. The van der Waals surface area contributed by atoms with Gasteiger partial charge in [-0.05, 0) is 44.1 Å². The fourth-order valence-corrected chi connectivity index (χ4v) is 4.93. The highest BCUT2D eigenvalue weighted by Gasteiger charge is 2.26. The summed E-state index contributed by atoms with van der Waals surface area (Å²) in [6.07, 6.45) is 5.42. The Morgan fingerprint density at radius 3 is 2.73 bits per heavy atom. The van der Waals surface area contributed by atoms with E-state index in [0.717, 1.165) is 56.9 Å². The molecule has 1 aromatic carbocycles. The number of rotatable bonds is 8. The van der Waals surface area contributed by atoms with Crippen LogP contribution in [0.25, 0.3) is 0 Å². The van der Waals surface area contributed by atoms with E-state index in [1.54, 1.807) is 0 Å². The molecule has 0 saturated heterocycles. The molecule has 0 radical (unpaired) electrons. The maximum absolute atomic E-state index is 12.1. The fourth-order valence-electron chi connectivity index (χ4n) is 3.58. The lowest BCUT2D eigenvalue weighted by atomic mass is 9.95. The Kier molecular flexibility index (Phi) is 9.16. The molecule has 4 unspecified atom stereocenters. The quantitative estimate of drug-likeness (QED) is 0.535. The summed E-state index contributed by atoms with van der Waals surface area (Å²) in [6, 6.07) is 11.0. The summed E-state index contributed by atoms with van der Waals surface area (Å²) in [5, 5.41) is 7.29. The summed E-state index contributed by atoms with van der Waals surface area (Å²) >= 11 is 0. The molecule has 0 aliphatic heterocycles. The minimum Gasteiger partial charge on any atom is -0.357 e. The highest BCUT2D eigenvalue weighted by molar-refractivity contribution is 7.85. The number of aliphatic imine (C=N–C) groups is 1. The lowest BCUT2D eigenvalue weighted by Gasteiger charge is -2.30. The zero-order chi connectivity index (χ0) is 18.8. The summed E-state index contributed by atoms with van der Waals surface area (Å²) in [6.45, 7) is 8.04. The highest BCUT2D eigenvalue weighted by atomic mass is 32.2. The van der Waals surface area contributed by atoms with Gasteiger partial charge in [0.25, 0.3) is 0 Å². The van der Waals surface area contributed by atoms with Crippen molar-refractivity contribution in [2.75, 3.05) is 18.8 Å². The maximum Gasteiger partial charge on any atom is 0.191 e. The first kappa shape index (κ1) is 20.9. The normalized spacial score (nSPS) is 23.3. The van der Waals surface area contributed by atoms with Crippen molar-refractivity contribution in [3.8, 4) is 0 Å². The molecule has 1 saturated carbocycles. The third kappa shape index (κ3) is 6.75.